The highest BCUT2D eigenvalue weighted by Gasteiger charge is 2.21. The number of benzene rings is 2. The van der Waals surface area contributed by atoms with Gasteiger partial charge in [0.15, 0.2) is 11.9 Å². The lowest BCUT2D eigenvalue weighted by molar-refractivity contribution is -0.122. The Bertz CT molecular complexity index is 1120. The Kier molecular flexibility index (Phi) is 6.31. The van der Waals surface area contributed by atoms with Gasteiger partial charge in [0.1, 0.15) is 23.2 Å². The molecule has 2 heterocycles. The van der Waals surface area contributed by atoms with Crippen LogP contribution >= 0.6 is 15.9 Å². The molecule has 0 aliphatic carbocycles. The summed E-state index contributed by atoms with van der Waals surface area (Å²) in [6.07, 6.45) is 3.09. The highest BCUT2D eigenvalue weighted by Crippen LogP contribution is 2.29. The Morgan fingerprint density at radius 3 is 2.81 bits per heavy atom. The van der Waals surface area contributed by atoms with E-state index < -0.39 is 23.6 Å². The molecule has 31 heavy (non-hydrogen) atoms. The van der Waals surface area contributed by atoms with E-state index in [4.69, 9.17) is 4.74 Å². The molecular weight excluding hydrogens is 470 g/mol. The summed E-state index contributed by atoms with van der Waals surface area (Å²) in [5.41, 5.74) is 0.703. The van der Waals surface area contributed by atoms with Crippen LogP contribution in [-0.2, 0) is 17.8 Å². The highest BCUT2D eigenvalue weighted by molar-refractivity contribution is 9.10. The third kappa shape index (κ3) is 4.76. The summed E-state index contributed by atoms with van der Waals surface area (Å²) in [4.78, 5) is 12.6. The van der Waals surface area contributed by atoms with E-state index >= 15 is 0 Å². The summed E-state index contributed by atoms with van der Waals surface area (Å²) in [7, 11) is 0. The average molecular weight is 491 g/mol. The average Bonchev–Trinajstić information content (AvgIpc) is 2.99. The summed E-state index contributed by atoms with van der Waals surface area (Å²) in [6, 6.07) is 8.28. The van der Waals surface area contributed by atoms with Crippen LogP contribution in [0.15, 0.2) is 40.9 Å². The van der Waals surface area contributed by atoms with Crippen LogP contribution in [0.3, 0.4) is 0 Å². The normalized spacial score (nSPS) is 14.5. The summed E-state index contributed by atoms with van der Waals surface area (Å²) in [5, 5.41) is 11.2. The van der Waals surface area contributed by atoms with Crippen molar-refractivity contribution in [1.82, 2.24) is 14.8 Å². The van der Waals surface area contributed by atoms with E-state index in [9.17, 15) is 13.6 Å². The van der Waals surface area contributed by atoms with Crippen molar-refractivity contribution in [2.75, 3.05) is 5.32 Å². The van der Waals surface area contributed by atoms with Crippen LogP contribution in [0, 0.1) is 11.6 Å². The van der Waals surface area contributed by atoms with E-state index in [0.717, 1.165) is 38.1 Å². The minimum Gasteiger partial charge on any atom is -0.480 e. The van der Waals surface area contributed by atoms with Crippen LogP contribution in [0.25, 0.3) is 11.4 Å². The van der Waals surface area contributed by atoms with E-state index in [0.29, 0.717) is 21.7 Å². The molecule has 6 nitrogen and oxygen atoms in total. The number of aryl methyl sites for hydroxylation is 1. The summed E-state index contributed by atoms with van der Waals surface area (Å²) < 4.78 is 35.8. The minimum atomic E-state index is -0.861. The second kappa shape index (κ2) is 9.13. The molecule has 0 saturated heterocycles. The lowest BCUT2D eigenvalue weighted by atomic mass is 10.1. The zero-order valence-electron chi connectivity index (χ0n) is 16.9. The number of nitrogens with one attached hydrogen (secondary N) is 1. The molecule has 1 atom stereocenters. The van der Waals surface area contributed by atoms with Crippen LogP contribution in [0.4, 0.5) is 14.5 Å². The molecule has 162 valence electrons. The molecule has 1 amide bonds. The molecule has 1 aromatic heterocycles. The molecule has 1 aliphatic heterocycles. The number of hydrogen-bond acceptors (Lipinski definition) is 4. The lowest BCUT2D eigenvalue weighted by Crippen LogP contribution is -2.30. The maximum Gasteiger partial charge on any atom is 0.265 e. The van der Waals surface area contributed by atoms with Gasteiger partial charge in [-0.2, -0.15) is 0 Å². The van der Waals surface area contributed by atoms with Gasteiger partial charge in [-0.05, 0) is 72.1 Å². The zero-order chi connectivity index (χ0) is 22.0. The van der Waals surface area contributed by atoms with Gasteiger partial charge >= 0.3 is 0 Å². The molecule has 9 heteroatoms. The maximum absolute atomic E-state index is 14.6. The minimum absolute atomic E-state index is 0.285. The van der Waals surface area contributed by atoms with E-state index in [1.165, 1.54) is 30.3 Å². The second-order valence-electron chi connectivity index (χ2n) is 7.42. The molecule has 1 unspecified atom stereocenters. The Balaban J connectivity index is 1.52. The van der Waals surface area contributed by atoms with Gasteiger partial charge in [0.2, 0.25) is 0 Å². The molecule has 3 aromatic rings. The Labute approximate surface area is 186 Å². The Hall–Kier alpha value is -2.81. The molecule has 0 radical (unpaired) electrons. The number of hydrogen-bond donors (Lipinski definition) is 1. The van der Waals surface area contributed by atoms with Crippen molar-refractivity contribution < 1.29 is 18.3 Å². The largest absolute Gasteiger partial charge is 0.480 e. The molecule has 0 fully saturated rings. The van der Waals surface area contributed by atoms with Crippen molar-refractivity contribution in [3.05, 3.63) is 58.3 Å². The first-order valence-electron chi connectivity index (χ1n) is 10.1. The molecule has 2 aromatic carbocycles. The molecule has 0 spiro atoms. The van der Waals surface area contributed by atoms with E-state index in [1.54, 1.807) is 13.0 Å². The van der Waals surface area contributed by atoms with Crippen LogP contribution < -0.4 is 10.1 Å². The topological polar surface area (TPSA) is 69.0 Å². The summed E-state index contributed by atoms with van der Waals surface area (Å²) >= 11 is 3.21. The predicted octanol–water partition coefficient (Wildman–Crippen LogP) is 5.12. The van der Waals surface area contributed by atoms with Gasteiger partial charge in [-0.1, -0.05) is 6.42 Å². The summed E-state index contributed by atoms with van der Waals surface area (Å²) in [5.74, 6) is 0.390. The van der Waals surface area contributed by atoms with Gasteiger partial charge in [0, 0.05) is 18.7 Å². The first-order chi connectivity index (χ1) is 14.9. The van der Waals surface area contributed by atoms with Crippen LogP contribution in [0.1, 0.15) is 32.0 Å². The predicted molar refractivity (Wildman–Crippen MR) is 116 cm³/mol. The molecule has 1 aliphatic rings. The molecule has 1 N–H and O–H groups in total. The number of carbonyl (C=O) groups is 1. The van der Waals surface area contributed by atoms with Crippen molar-refractivity contribution in [2.24, 2.45) is 0 Å². The number of nitrogens with zero attached hydrogens (tertiary/aromatic N) is 3. The monoisotopic (exact) mass is 490 g/mol. The fourth-order valence-electron chi connectivity index (χ4n) is 3.52. The van der Waals surface area contributed by atoms with Gasteiger partial charge < -0.3 is 14.6 Å². The van der Waals surface area contributed by atoms with Crippen molar-refractivity contribution in [3.63, 3.8) is 0 Å². The molecular formula is C22H21BrF2N4O2. The van der Waals surface area contributed by atoms with Gasteiger partial charge in [0.05, 0.1) is 10.0 Å². The SMILES string of the molecule is CC(Oc1ccc(F)cc1Br)C(=O)Nc1ccc(F)c(-c2nnc3n2CCCCC3)c1. The first kappa shape index (κ1) is 21.4. The van der Waals surface area contributed by atoms with Crippen molar-refractivity contribution in [1.29, 1.82) is 0 Å². The fourth-order valence-corrected chi connectivity index (χ4v) is 3.96. The number of aromatic nitrogens is 3. The Morgan fingerprint density at radius 2 is 2.00 bits per heavy atom. The third-order valence-electron chi connectivity index (χ3n) is 5.15. The smallest absolute Gasteiger partial charge is 0.265 e. The maximum atomic E-state index is 14.6. The number of rotatable bonds is 5. The number of ether oxygens (including phenoxy) is 1. The zero-order valence-corrected chi connectivity index (χ0v) is 18.5. The van der Waals surface area contributed by atoms with Gasteiger partial charge in [-0.15, -0.1) is 10.2 Å². The highest BCUT2D eigenvalue weighted by atomic mass is 79.9. The fraction of sp³-hybridized carbons (Fsp3) is 0.318. The molecule has 0 bridgehead atoms. The van der Waals surface area contributed by atoms with Gasteiger partial charge in [-0.3, -0.25) is 4.79 Å². The summed E-state index contributed by atoms with van der Waals surface area (Å²) in [6.45, 7) is 2.32. The van der Waals surface area contributed by atoms with Crippen molar-refractivity contribution in [2.45, 2.75) is 45.3 Å². The van der Waals surface area contributed by atoms with Gasteiger partial charge in [-0.25, -0.2) is 8.78 Å². The first-order valence-corrected chi connectivity index (χ1v) is 10.9. The second-order valence-corrected chi connectivity index (χ2v) is 8.28. The lowest BCUT2D eigenvalue weighted by Gasteiger charge is -2.16. The van der Waals surface area contributed by atoms with E-state index in [2.05, 4.69) is 31.4 Å². The molecule has 0 saturated carbocycles. The number of fused-ring (bicyclic) bond motifs is 1. The third-order valence-corrected chi connectivity index (χ3v) is 5.77. The Morgan fingerprint density at radius 1 is 1.16 bits per heavy atom. The quantitative estimate of drug-likeness (QED) is 0.538. The van der Waals surface area contributed by atoms with Crippen LogP contribution in [0.5, 0.6) is 5.75 Å². The van der Waals surface area contributed by atoms with Crippen LogP contribution in [-0.4, -0.2) is 26.8 Å². The number of halogens is 3. The number of amides is 1. The number of anilines is 1. The standard InChI is InChI=1S/C22H21BrF2N4O2/c1-13(31-19-9-6-14(24)11-17(19)23)22(30)26-15-7-8-18(25)16(12-15)21-28-27-20-5-3-2-4-10-29(20)21/h6-9,11-13H,2-5,10H2,1H3,(H,26,30). The van der Waals surface area contributed by atoms with Crippen molar-refractivity contribution in [3.8, 4) is 17.1 Å². The van der Waals surface area contributed by atoms with E-state index in [-0.39, 0.29) is 5.56 Å². The molecule has 4 rings (SSSR count). The van der Waals surface area contributed by atoms with E-state index in [1.807, 2.05) is 4.57 Å². The van der Waals surface area contributed by atoms with Gasteiger partial charge in [0.25, 0.3) is 5.91 Å². The van der Waals surface area contributed by atoms with Crippen LogP contribution in [0.2, 0.25) is 0 Å². The number of carbonyl (C=O) groups excluding carboxylic acids is 1. The van der Waals surface area contributed by atoms with Crippen molar-refractivity contribution >= 4 is 27.5 Å².